The summed E-state index contributed by atoms with van der Waals surface area (Å²) in [6, 6.07) is 0. The molecule has 0 aromatic carbocycles. The lowest BCUT2D eigenvalue weighted by Crippen LogP contribution is -2.42. The Balaban J connectivity index is 2.63. The number of nitrogens with two attached hydrogens (primary N) is 1. The highest BCUT2D eigenvalue weighted by Gasteiger charge is 2.37. The summed E-state index contributed by atoms with van der Waals surface area (Å²) in [6.45, 7) is 6.60. The predicted octanol–water partition coefficient (Wildman–Crippen LogP) is 2.87. The second-order valence-corrected chi connectivity index (χ2v) is 5.40. The third kappa shape index (κ3) is 3.21. The highest BCUT2D eigenvalue weighted by Crippen LogP contribution is 2.31. The van der Waals surface area contributed by atoms with Crippen LogP contribution in [-0.2, 0) is 9.53 Å². The van der Waals surface area contributed by atoms with Crippen molar-refractivity contribution in [2.45, 2.75) is 65.4 Å². The molecule has 0 bridgehead atoms. The minimum absolute atomic E-state index is 0.0799. The Hall–Kier alpha value is -0.570. The average molecular weight is 241 g/mol. The molecule has 2 atom stereocenters. The van der Waals surface area contributed by atoms with Crippen LogP contribution >= 0.6 is 0 Å². The summed E-state index contributed by atoms with van der Waals surface area (Å²) in [6.07, 6.45) is 6.27. The summed E-state index contributed by atoms with van der Waals surface area (Å²) in [5.41, 5.74) is 5.31. The number of ether oxygens (including phenoxy) is 1. The van der Waals surface area contributed by atoms with Crippen LogP contribution in [0.5, 0.6) is 0 Å². The zero-order valence-corrected chi connectivity index (χ0v) is 11.5. The first-order valence-corrected chi connectivity index (χ1v) is 7.00. The second kappa shape index (κ2) is 6.39. The van der Waals surface area contributed by atoms with Gasteiger partial charge in [0, 0.05) is 6.54 Å². The molecule has 1 aliphatic rings. The van der Waals surface area contributed by atoms with Gasteiger partial charge in [-0.3, -0.25) is 4.79 Å². The number of carbonyl (C=O) groups is 1. The van der Waals surface area contributed by atoms with E-state index in [1.165, 1.54) is 19.3 Å². The zero-order chi connectivity index (χ0) is 12.9. The van der Waals surface area contributed by atoms with Gasteiger partial charge < -0.3 is 10.5 Å². The molecule has 0 aromatic heterocycles. The summed E-state index contributed by atoms with van der Waals surface area (Å²) in [7, 11) is 0. The lowest BCUT2D eigenvalue weighted by molar-refractivity contribution is -0.165. The minimum Gasteiger partial charge on any atom is -0.462 e. The molecule has 0 aliphatic heterocycles. The topological polar surface area (TPSA) is 52.3 Å². The molecule has 2 N–H and O–H groups in total. The summed E-state index contributed by atoms with van der Waals surface area (Å²) >= 11 is 0. The number of rotatable bonds is 5. The Morgan fingerprint density at radius 3 is 2.35 bits per heavy atom. The van der Waals surface area contributed by atoms with E-state index in [1.807, 2.05) is 13.8 Å². The Bertz CT molecular complexity index is 240. The molecule has 0 heterocycles. The summed E-state index contributed by atoms with van der Waals surface area (Å²) < 4.78 is 5.72. The van der Waals surface area contributed by atoms with Crippen molar-refractivity contribution >= 4 is 5.97 Å². The van der Waals surface area contributed by atoms with Crippen molar-refractivity contribution < 1.29 is 9.53 Å². The largest absolute Gasteiger partial charge is 0.462 e. The second-order valence-electron chi connectivity index (χ2n) is 5.40. The standard InChI is InChI=1S/C14H27NO2/c1-4-14(5-2,10-15)13(16)17-12-9-7-6-8-11(12)3/h11-12H,4-10,15H2,1-3H3. The van der Waals surface area contributed by atoms with E-state index < -0.39 is 5.41 Å². The van der Waals surface area contributed by atoms with Gasteiger partial charge in [-0.05, 0) is 38.0 Å². The van der Waals surface area contributed by atoms with Crippen LogP contribution in [0.15, 0.2) is 0 Å². The highest BCUT2D eigenvalue weighted by molar-refractivity contribution is 5.77. The smallest absolute Gasteiger partial charge is 0.313 e. The van der Waals surface area contributed by atoms with Crippen molar-refractivity contribution in [3.05, 3.63) is 0 Å². The molecule has 1 fully saturated rings. The minimum atomic E-state index is -0.461. The van der Waals surface area contributed by atoms with E-state index >= 15 is 0 Å². The maximum Gasteiger partial charge on any atom is 0.313 e. The van der Waals surface area contributed by atoms with Crippen LogP contribution in [0.2, 0.25) is 0 Å². The number of hydrogen-bond donors (Lipinski definition) is 1. The van der Waals surface area contributed by atoms with Gasteiger partial charge in [0.05, 0.1) is 5.41 Å². The maximum atomic E-state index is 12.3. The molecule has 1 rings (SSSR count). The van der Waals surface area contributed by atoms with E-state index in [2.05, 4.69) is 6.92 Å². The third-order valence-corrected chi connectivity index (χ3v) is 4.47. The van der Waals surface area contributed by atoms with E-state index in [-0.39, 0.29) is 12.1 Å². The van der Waals surface area contributed by atoms with Crippen LogP contribution in [0.4, 0.5) is 0 Å². The number of esters is 1. The summed E-state index contributed by atoms with van der Waals surface area (Å²) in [5, 5.41) is 0. The molecule has 0 spiro atoms. The van der Waals surface area contributed by atoms with Crippen molar-refractivity contribution in [3.63, 3.8) is 0 Å². The summed E-state index contributed by atoms with van der Waals surface area (Å²) in [4.78, 5) is 12.3. The van der Waals surface area contributed by atoms with E-state index in [0.29, 0.717) is 12.5 Å². The highest BCUT2D eigenvalue weighted by atomic mass is 16.5. The van der Waals surface area contributed by atoms with E-state index in [1.54, 1.807) is 0 Å². The van der Waals surface area contributed by atoms with Crippen LogP contribution < -0.4 is 5.73 Å². The van der Waals surface area contributed by atoms with Crippen molar-refractivity contribution in [2.24, 2.45) is 17.1 Å². The normalized spacial score (nSPS) is 25.6. The SMILES string of the molecule is CCC(CC)(CN)C(=O)OC1CCCCC1C. The van der Waals surface area contributed by atoms with E-state index in [4.69, 9.17) is 10.5 Å². The van der Waals surface area contributed by atoms with E-state index in [9.17, 15) is 4.79 Å². The Morgan fingerprint density at radius 1 is 1.29 bits per heavy atom. The molecule has 0 aromatic rings. The predicted molar refractivity (Wildman–Crippen MR) is 69.6 cm³/mol. The van der Waals surface area contributed by atoms with Gasteiger partial charge in [0.15, 0.2) is 0 Å². The molecule has 1 saturated carbocycles. The lowest BCUT2D eigenvalue weighted by Gasteiger charge is -2.34. The van der Waals surface area contributed by atoms with Gasteiger partial charge in [-0.15, -0.1) is 0 Å². The molecular formula is C14H27NO2. The van der Waals surface area contributed by atoms with Gasteiger partial charge in [-0.1, -0.05) is 27.2 Å². The summed E-state index contributed by atoms with van der Waals surface area (Å²) in [5.74, 6) is 0.417. The molecule has 2 unspecified atom stereocenters. The van der Waals surface area contributed by atoms with Gasteiger partial charge in [0.2, 0.25) is 0 Å². The van der Waals surface area contributed by atoms with Gasteiger partial charge in [-0.25, -0.2) is 0 Å². The van der Waals surface area contributed by atoms with Crippen LogP contribution in [0.25, 0.3) is 0 Å². The number of hydrogen-bond acceptors (Lipinski definition) is 3. The fraction of sp³-hybridized carbons (Fsp3) is 0.929. The molecule has 0 radical (unpaired) electrons. The molecule has 0 saturated heterocycles. The van der Waals surface area contributed by atoms with Crippen molar-refractivity contribution in [1.82, 2.24) is 0 Å². The Labute approximate surface area is 105 Å². The van der Waals surface area contributed by atoms with Gasteiger partial charge in [0.1, 0.15) is 6.10 Å². The molecule has 1 aliphatic carbocycles. The molecular weight excluding hydrogens is 214 g/mol. The van der Waals surface area contributed by atoms with Gasteiger partial charge in [-0.2, -0.15) is 0 Å². The Kier molecular flexibility index (Phi) is 5.44. The van der Waals surface area contributed by atoms with Gasteiger partial charge >= 0.3 is 5.97 Å². The van der Waals surface area contributed by atoms with E-state index in [0.717, 1.165) is 19.3 Å². The monoisotopic (exact) mass is 241 g/mol. The molecule has 3 nitrogen and oxygen atoms in total. The van der Waals surface area contributed by atoms with Crippen molar-refractivity contribution in [3.8, 4) is 0 Å². The quantitative estimate of drug-likeness (QED) is 0.753. The fourth-order valence-corrected chi connectivity index (χ4v) is 2.63. The van der Waals surface area contributed by atoms with Crippen LogP contribution in [-0.4, -0.2) is 18.6 Å². The molecule has 3 heteroatoms. The maximum absolute atomic E-state index is 12.3. The Morgan fingerprint density at radius 2 is 1.88 bits per heavy atom. The molecule has 17 heavy (non-hydrogen) atoms. The zero-order valence-electron chi connectivity index (χ0n) is 11.5. The first-order valence-electron chi connectivity index (χ1n) is 7.00. The van der Waals surface area contributed by atoms with Crippen molar-refractivity contribution in [2.75, 3.05) is 6.54 Å². The first kappa shape index (κ1) is 14.5. The molecule has 100 valence electrons. The van der Waals surface area contributed by atoms with Gasteiger partial charge in [0.25, 0.3) is 0 Å². The van der Waals surface area contributed by atoms with Crippen LogP contribution in [0.1, 0.15) is 59.3 Å². The van der Waals surface area contributed by atoms with Crippen molar-refractivity contribution in [1.29, 1.82) is 0 Å². The third-order valence-electron chi connectivity index (χ3n) is 4.47. The van der Waals surface area contributed by atoms with Crippen LogP contribution in [0, 0.1) is 11.3 Å². The average Bonchev–Trinajstić information content (AvgIpc) is 2.35. The van der Waals surface area contributed by atoms with Crippen LogP contribution in [0.3, 0.4) is 0 Å². The molecule has 0 amide bonds. The fourth-order valence-electron chi connectivity index (χ4n) is 2.63. The number of carbonyl (C=O) groups excluding carboxylic acids is 1. The lowest BCUT2D eigenvalue weighted by atomic mass is 9.82. The first-order chi connectivity index (χ1) is 8.09.